The highest BCUT2D eigenvalue weighted by atomic mass is 35.5. The van der Waals surface area contributed by atoms with Crippen LogP contribution in [0.1, 0.15) is 25.8 Å². The van der Waals surface area contributed by atoms with Gasteiger partial charge in [0.05, 0.1) is 5.56 Å². The Bertz CT molecular complexity index is 518. The Morgan fingerprint density at radius 3 is 2.62 bits per heavy atom. The number of rotatable bonds is 3. The number of hydrogen-bond acceptors (Lipinski definition) is 2. The van der Waals surface area contributed by atoms with Crippen LogP contribution in [-0.2, 0) is 13.0 Å². The fourth-order valence-electron chi connectivity index (χ4n) is 1.95. The van der Waals surface area contributed by atoms with E-state index in [1.165, 1.54) is 4.57 Å². The van der Waals surface area contributed by atoms with E-state index in [0.717, 1.165) is 6.42 Å². The fourth-order valence-corrected chi connectivity index (χ4v) is 2.24. The zero-order valence-electron chi connectivity index (χ0n) is 9.42. The fraction of sp³-hybridized carbons (Fsp3) is 0.636. The molecule has 1 N–H and O–H groups in total. The van der Waals surface area contributed by atoms with Gasteiger partial charge in [0.15, 0.2) is 0 Å². The summed E-state index contributed by atoms with van der Waals surface area (Å²) in [5.74, 6) is 1.08. The van der Waals surface area contributed by atoms with Gasteiger partial charge in [-0.3, -0.25) is 14.3 Å². The van der Waals surface area contributed by atoms with Crippen molar-refractivity contribution in [2.45, 2.75) is 33.2 Å². The summed E-state index contributed by atoms with van der Waals surface area (Å²) in [6.07, 6.45) is 1.63. The molecule has 1 heterocycles. The van der Waals surface area contributed by atoms with Gasteiger partial charge in [0.2, 0.25) is 0 Å². The quantitative estimate of drug-likeness (QED) is 0.815. The third-order valence-corrected chi connectivity index (χ3v) is 3.60. The van der Waals surface area contributed by atoms with Crippen LogP contribution in [-0.4, -0.2) is 9.55 Å². The average Bonchev–Trinajstić information content (AvgIpc) is 2.89. The molecule has 4 nitrogen and oxygen atoms in total. The van der Waals surface area contributed by atoms with Crippen molar-refractivity contribution in [1.82, 2.24) is 9.55 Å². The number of aromatic amines is 1. The van der Waals surface area contributed by atoms with E-state index in [1.807, 2.05) is 6.92 Å². The molecule has 2 unspecified atom stereocenters. The molecule has 0 saturated heterocycles. The molecule has 1 aliphatic carbocycles. The van der Waals surface area contributed by atoms with Crippen LogP contribution < -0.4 is 11.2 Å². The highest BCUT2D eigenvalue weighted by Gasteiger charge is 2.33. The normalized spacial score (nSPS) is 23.4. The van der Waals surface area contributed by atoms with Crippen molar-refractivity contribution in [3.8, 4) is 0 Å². The highest BCUT2D eigenvalue weighted by molar-refractivity contribution is 6.30. The van der Waals surface area contributed by atoms with Gasteiger partial charge in [-0.2, -0.15) is 0 Å². The van der Waals surface area contributed by atoms with Gasteiger partial charge in [-0.1, -0.05) is 25.4 Å². The third kappa shape index (κ3) is 1.94. The predicted octanol–water partition coefficient (Wildman–Crippen LogP) is 1.41. The zero-order chi connectivity index (χ0) is 11.9. The minimum atomic E-state index is -0.397. The molecule has 88 valence electrons. The average molecular weight is 243 g/mol. The second kappa shape index (κ2) is 4.09. The Morgan fingerprint density at radius 1 is 1.50 bits per heavy atom. The summed E-state index contributed by atoms with van der Waals surface area (Å²) in [6.45, 7) is 4.49. The Balaban J connectivity index is 2.44. The largest absolute Gasteiger partial charge is 0.329 e. The van der Waals surface area contributed by atoms with Crippen LogP contribution in [0.5, 0.6) is 0 Å². The number of aromatic nitrogens is 2. The minimum absolute atomic E-state index is 0.178. The second-order valence-corrected chi connectivity index (χ2v) is 4.84. The van der Waals surface area contributed by atoms with Crippen LogP contribution in [0.4, 0.5) is 0 Å². The van der Waals surface area contributed by atoms with E-state index >= 15 is 0 Å². The first-order chi connectivity index (χ1) is 7.54. The molecule has 1 aromatic heterocycles. The minimum Gasteiger partial charge on any atom is -0.297 e. The first kappa shape index (κ1) is 11.5. The van der Waals surface area contributed by atoms with Gasteiger partial charge in [-0.05, 0) is 24.7 Å². The Hall–Kier alpha value is -1.03. The maximum absolute atomic E-state index is 12.0. The molecule has 0 bridgehead atoms. The molecule has 1 saturated carbocycles. The molecule has 2 rings (SSSR count). The van der Waals surface area contributed by atoms with Gasteiger partial charge in [0, 0.05) is 6.54 Å². The van der Waals surface area contributed by atoms with Crippen molar-refractivity contribution in [2.75, 3.05) is 0 Å². The molecule has 0 amide bonds. The lowest BCUT2D eigenvalue weighted by atomic mass is 10.2. The Morgan fingerprint density at radius 2 is 2.12 bits per heavy atom. The SMILES string of the molecule is CCc1c(Cl)[nH]c(=O)n(CC2CC2C)c1=O. The van der Waals surface area contributed by atoms with Crippen LogP contribution in [0.25, 0.3) is 0 Å². The summed E-state index contributed by atoms with van der Waals surface area (Å²) in [5.41, 5.74) is -0.142. The Kier molecular flexibility index (Phi) is 2.93. The van der Waals surface area contributed by atoms with Crippen LogP contribution in [0.3, 0.4) is 0 Å². The third-order valence-electron chi connectivity index (χ3n) is 3.28. The van der Waals surface area contributed by atoms with Crippen molar-refractivity contribution in [1.29, 1.82) is 0 Å². The van der Waals surface area contributed by atoms with E-state index in [4.69, 9.17) is 11.6 Å². The molecule has 16 heavy (non-hydrogen) atoms. The van der Waals surface area contributed by atoms with Gasteiger partial charge in [0.25, 0.3) is 5.56 Å². The topological polar surface area (TPSA) is 54.9 Å². The summed E-state index contributed by atoms with van der Waals surface area (Å²) in [7, 11) is 0. The molecule has 0 aliphatic heterocycles. The maximum atomic E-state index is 12.0. The van der Waals surface area contributed by atoms with E-state index < -0.39 is 5.69 Å². The van der Waals surface area contributed by atoms with Gasteiger partial charge >= 0.3 is 5.69 Å². The summed E-state index contributed by atoms with van der Waals surface area (Å²) >= 11 is 5.82. The molecule has 0 radical (unpaired) electrons. The number of hydrogen-bond donors (Lipinski definition) is 1. The van der Waals surface area contributed by atoms with Gasteiger partial charge in [-0.15, -0.1) is 0 Å². The Labute approximate surface area is 98.3 Å². The first-order valence-corrected chi connectivity index (χ1v) is 5.93. The van der Waals surface area contributed by atoms with Crippen molar-refractivity contribution in [2.24, 2.45) is 11.8 Å². The number of H-pyrrole nitrogens is 1. The smallest absolute Gasteiger partial charge is 0.297 e. The molecule has 5 heteroatoms. The summed E-state index contributed by atoms with van der Waals surface area (Å²) in [6, 6.07) is 0. The summed E-state index contributed by atoms with van der Waals surface area (Å²) < 4.78 is 1.28. The molecule has 0 spiro atoms. The number of nitrogens with one attached hydrogen (secondary N) is 1. The lowest BCUT2D eigenvalue weighted by Gasteiger charge is -2.07. The van der Waals surface area contributed by atoms with Crippen LogP contribution in [0.2, 0.25) is 5.15 Å². The molecule has 1 aromatic rings. The van der Waals surface area contributed by atoms with Crippen LogP contribution in [0.15, 0.2) is 9.59 Å². The van der Waals surface area contributed by atoms with E-state index in [9.17, 15) is 9.59 Å². The van der Waals surface area contributed by atoms with Gasteiger partial charge in [0.1, 0.15) is 5.15 Å². The lowest BCUT2D eigenvalue weighted by molar-refractivity contribution is 0.546. The van der Waals surface area contributed by atoms with Crippen molar-refractivity contribution in [3.63, 3.8) is 0 Å². The molecular weight excluding hydrogens is 228 g/mol. The van der Waals surface area contributed by atoms with Gasteiger partial charge < -0.3 is 0 Å². The second-order valence-electron chi connectivity index (χ2n) is 4.47. The summed E-state index contributed by atoms with van der Waals surface area (Å²) in [5, 5.41) is 0.178. The molecule has 0 aromatic carbocycles. The highest BCUT2D eigenvalue weighted by Crippen LogP contribution is 2.38. The summed E-state index contributed by atoms with van der Waals surface area (Å²) in [4.78, 5) is 26.1. The molecule has 2 atom stereocenters. The first-order valence-electron chi connectivity index (χ1n) is 5.56. The van der Waals surface area contributed by atoms with Crippen LogP contribution in [0, 0.1) is 11.8 Å². The standard InChI is InChI=1S/C11H15ClN2O2/c1-3-8-9(12)13-11(16)14(10(8)15)5-7-4-6(7)2/h6-7H,3-5H2,1-2H3,(H,13,16). The monoisotopic (exact) mass is 242 g/mol. The maximum Gasteiger partial charge on any atom is 0.329 e. The van der Waals surface area contributed by atoms with E-state index in [-0.39, 0.29) is 10.7 Å². The van der Waals surface area contributed by atoms with Crippen molar-refractivity contribution in [3.05, 3.63) is 31.6 Å². The number of halogens is 1. The molecular formula is C11H15ClN2O2. The molecule has 1 aliphatic rings. The number of nitrogens with zero attached hydrogens (tertiary/aromatic N) is 1. The van der Waals surface area contributed by atoms with Crippen LogP contribution >= 0.6 is 11.6 Å². The van der Waals surface area contributed by atoms with E-state index in [2.05, 4.69) is 11.9 Å². The predicted molar refractivity (Wildman–Crippen MR) is 63.0 cm³/mol. The van der Waals surface area contributed by atoms with E-state index in [0.29, 0.717) is 30.4 Å². The van der Waals surface area contributed by atoms with E-state index in [1.54, 1.807) is 0 Å². The lowest BCUT2D eigenvalue weighted by Crippen LogP contribution is -2.38. The van der Waals surface area contributed by atoms with Gasteiger partial charge in [-0.25, -0.2) is 4.79 Å². The van der Waals surface area contributed by atoms with Crippen molar-refractivity contribution < 1.29 is 0 Å². The zero-order valence-corrected chi connectivity index (χ0v) is 10.2. The van der Waals surface area contributed by atoms with Crippen molar-refractivity contribution >= 4 is 11.6 Å². The molecule has 1 fully saturated rings.